The first-order chi connectivity index (χ1) is 11.1. The highest BCUT2D eigenvalue weighted by molar-refractivity contribution is 8.26. The Hall–Kier alpha value is -2.11. The number of thioether (sulfide) groups is 1. The van der Waals surface area contributed by atoms with Gasteiger partial charge in [-0.2, -0.15) is 0 Å². The molecule has 1 saturated heterocycles. The maximum absolute atomic E-state index is 11.6. The van der Waals surface area contributed by atoms with Gasteiger partial charge in [-0.15, -0.1) is 0 Å². The van der Waals surface area contributed by atoms with Crippen molar-refractivity contribution in [1.82, 2.24) is 5.32 Å². The van der Waals surface area contributed by atoms with E-state index >= 15 is 0 Å². The first-order valence-corrected chi connectivity index (χ1v) is 8.36. The summed E-state index contributed by atoms with van der Waals surface area (Å²) in [5.41, 5.74) is 3.33. The van der Waals surface area contributed by atoms with Crippen LogP contribution < -0.4 is 10.1 Å². The number of carbonyl (C=O) groups is 1. The molecule has 116 valence electrons. The molecule has 0 unspecified atom stereocenters. The van der Waals surface area contributed by atoms with Gasteiger partial charge in [-0.1, -0.05) is 60.4 Å². The highest BCUT2D eigenvalue weighted by atomic mass is 32.2. The van der Waals surface area contributed by atoms with E-state index in [9.17, 15) is 4.79 Å². The zero-order valence-electron chi connectivity index (χ0n) is 12.5. The van der Waals surface area contributed by atoms with E-state index in [0.717, 1.165) is 11.3 Å². The summed E-state index contributed by atoms with van der Waals surface area (Å²) in [6.45, 7) is 2.61. The van der Waals surface area contributed by atoms with Crippen LogP contribution >= 0.6 is 24.0 Å². The highest BCUT2D eigenvalue weighted by Crippen LogP contribution is 2.26. The van der Waals surface area contributed by atoms with Gasteiger partial charge in [0, 0.05) is 0 Å². The average molecular weight is 341 g/mol. The number of amides is 1. The van der Waals surface area contributed by atoms with E-state index in [2.05, 4.69) is 24.4 Å². The number of aryl methyl sites for hydroxylation is 1. The molecule has 1 heterocycles. The molecule has 0 atom stereocenters. The summed E-state index contributed by atoms with van der Waals surface area (Å²) in [4.78, 5) is 12.2. The maximum Gasteiger partial charge on any atom is 0.263 e. The van der Waals surface area contributed by atoms with E-state index in [0.29, 0.717) is 15.8 Å². The number of thiocarbonyl (C=S) groups is 1. The fourth-order valence-electron chi connectivity index (χ4n) is 2.17. The minimum Gasteiger partial charge on any atom is -0.489 e. The third-order valence-electron chi connectivity index (χ3n) is 3.48. The number of hydrogen-bond acceptors (Lipinski definition) is 4. The van der Waals surface area contributed by atoms with E-state index < -0.39 is 0 Å². The van der Waals surface area contributed by atoms with Crippen molar-refractivity contribution >= 4 is 40.3 Å². The van der Waals surface area contributed by atoms with E-state index in [1.165, 1.54) is 22.9 Å². The molecule has 0 spiro atoms. The maximum atomic E-state index is 11.6. The molecule has 1 aliphatic rings. The quantitative estimate of drug-likeness (QED) is 0.672. The van der Waals surface area contributed by atoms with Crippen molar-refractivity contribution in [2.75, 3.05) is 0 Å². The molecule has 1 aliphatic heterocycles. The van der Waals surface area contributed by atoms with Crippen molar-refractivity contribution in [3.63, 3.8) is 0 Å². The smallest absolute Gasteiger partial charge is 0.263 e. The first kappa shape index (κ1) is 15.8. The number of carbonyl (C=O) groups excluding carboxylic acids is 1. The molecular formula is C18H15NO2S2. The molecule has 5 heteroatoms. The van der Waals surface area contributed by atoms with Crippen LogP contribution in [-0.2, 0) is 11.4 Å². The predicted octanol–water partition coefficient (Wildman–Crippen LogP) is 4.06. The van der Waals surface area contributed by atoms with Crippen LogP contribution in [0.5, 0.6) is 5.75 Å². The van der Waals surface area contributed by atoms with Crippen LogP contribution in [0.2, 0.25) is 0 Å². The van der Waals surface area contributed by atoms with Gasteiger partial charge in [0.2, 0.25) is 0 Å². The molecule has 0 radical (unpaired) electrons. The second kappa shape index (κ2) is 6.98. The zero-order valence-corrected chi connectivity index (χ0v) is 14.2. The monoisotopic (exact) mass is 341 g/mol. The van der Waals surface area contributed by atoms with E-state index in [4.69, 9.17) is 17.0 Å². The topological polar surface area (TPSA) is 38.3 Å². The number of benzene rings is 2. The van der Waals surface area contributed by atoms with Gasteiger partial charge in [0.15, 0.2) is 0 Å². The molecule has 2 aromatic rings. The van der Waals surface area contributed by atoms with Gasteiger partial charge >= 0.3 is 0 Å². The summed E-state index contributed by atoms with van der Waals surface area (Å²) in [6, 6.07) is 15.8. The van der Waals surface area contributed by atoms with Gasteiger partial charge in [-0.05, 0) is 41.8 Å². The fourth-order valence-corrected chi connectivity index (χ4v) is 3.21. The van der Waals surface area contributed by atoms with E-state index in [1.807, 2.05) is 42.5 Å². The largest absolute Gasteiger partial charge is 0.489 e. The Morgan fingerprint density at radius 3 is 2.57 bits per heavy atom. The number of hydrogen-bond donors (Lipinski definition) is 1. The average Bonchev–Trinajstić information content (AvgIpc) is 2.85. The Morgan fingerprint density at radius 1 is 1.17 bits per heavy atom. The molecule has 1 N–H and O–H groups in total. The van der Waals surface area contributed by atoms with Crippen molar-refractivity contribution in [3.8, 4) is 5.75 Å². The van der Waals surface area contributed by atoms with E-state index in [1.54, 1.807) is 0 Å². The molecule has 0 saturated carbocycles. The number of nitrogens with one attached hydrogen (secondary N) is 1. The van der Waals surface area contributed by atoms with Crippen LogP contribution in [0.4, 0.5) is 0 Å². The Bertz CT molecular complexity index is 782. The second-order valence-electron chi connectivity index (χ2n) is 5.14. The molecule has 23 heavy (non-hydrogen) atoms. The Kier molecular flexibility index (Phi) is 4.79. The second-order valence-corrected chi connectivity index (χ2v) is 6.86. The number of rotatable bonds is 4. The lowest BCUT2D eigenvalue weighted by atomic mass is 10.1. The van der Waals surface area contributed by atoms with Crippen molar-refractivity contribution < 1.29 is 9.53 Å². The molecule has 1 amide bonds. The summed E-state index contributed by atoms with van der Waals surface area (Å²) in [7, 11) is 0. The van der Waals surface area contributed by atoms with Crippen LogP contribution in [0.1, 0.15) is 16.7 Å². The van der Waals surface area contributed by atoms with Crippen molar-refractivity contribution in [3.05, 3.63) is 70.1 Å². The van der Waals surface area contributed by atoms with Gasteiger partial charge in [0.05, 0.1) is 4.91 Å². The molecular weight excluding hydrogens is 326 g/mol. The van der Waals surface area contributed by atoms with Crippen molar-refractivity contribution in [2.24, 2.45) is 0 Å². The summed E-state index contributed by atoms with van der Waals surface area (Å²) < 4.78 is 6.31. The van der Waals surface area contributed by atoms with Crippen molar-refractivity contribution in [2.45, 2.75) is 13.5 Å². The lowest BCUT2D eigenvalue weighted by Crippen LogP contribution is -2.17. The summed E-state index contributed by atoms with van der Waals surface area (Å²) >= 11 is 6.25. The lowest BCUT2D eigenvalue weighted by Gasteiger charge is -2.08. The Balaban J connectivity index is 1.66. The predicted molar refractivity (Wildman–Crippen MR) is 98.3 cm³/mol. The lowest BCUT2D eigenvalue weighted by molar-refractivity contribution is -0.115. The van der Waals surface area contributed by atoms with Gasteiger partial charge in [-0.25, -0.2) is 0 Å². The number of ether oxygens (including phenoxy) is 1. The fraction of sp³-hybridized carbons (Fsp3) is 0.111. The molecule has 3 rings (SSSR count). The molecule has 0 aliphatic carbocycles. The Morgan fingerprint density at radius 2 is 1.91 bits per heavy atom. The van der Waals surface area contributed by atoms with Gasteiger partial charge in [0.25, 0.3) is 5.91 Å². The van der Waals surface area contributed by atoms with Gasteiger partial charge < -0.3 is 10.1 Å². The van der Waals surface area contributed by atoms with E-state index in [-0.39, 0.29) is 5.91 Å². The highest BCUT2D eigenvalue weighted by Gasteiger charge is 2.21. The summed E-state index contributed by atoms with van der Waals surface area (Å²) in [5.74, 6) is 0.661. The molecule has 0 aromatic heterocycles. The van der Waals surface area contributed by atoms with Crippen LogP contribution in [0.25, 0.3) is 6.08 Å². The first-order valence-electron chi connectivity index (χ1n) is 7.14. The minimum absolute atomic E-state index is 0.139. The zero-order chi connectivity index (χ0) is 16.2. The molecule has 0 bridgehead atoms. The summed E-state index contributed by atoms with van der Waals surface area (Å²) in [6.07, 6.45) is 1.82. The minimum atomic E-state index is -0.139. The van der Waals surface area contributed by atoms with Crippen LogP contribution in [-0.4, -0.2) is 10.2 Å². The molecule has 1 fully saturated rings. The van der Waals surface area contributed by atoms with Crippen molar-refractivity contribution in [1.29, 1.82) is 0 Å². The molecule has 2 aromatic carbocycles. The van der Waals surface area contributed by atoms with Crippen LogP contribution in [0.15, 0.2) is 53.4 Å². The normalized spacial score (nSPS) is 15.8. The SMILES string of the molecule is Cc1ccccc1COc1ccc(/C=C2\SC(=S)NC2=O)cc1. The van der Waals surface area contributed by atoms with Crippen LogP contribution in [0, 0.1) is 6.92 Å². The third-order valence-corrected chi connectivity index (χ3v) is 4.64. The Labute approximate surface area is 144 Å². The molecule has 3 nitrogen and oxygen atoms in total. The van der Waals surface area contributed by atoms with Gasteiger partial charge in [-0.3, -0.25) is 4.79 Å². The summed E-state index contributed by atoms with van der Waals surface area (Å²) in [5, 5.41) is 2.60. The van der Waals surface area contributed by atoms with Crippen LogP contribution in [0.3, 0.4) is 0 Å². The third kappa shape index (κ3) is 4.00. The van der Waals surface area contributed by atoms with Gasteiger partial charge in [0.1, 0.15) is 16.7 Å². The standard InChI is InChI=1S/C18H15NO2S2/c1-12-4-2-3-5-14(12)11-21-15-8-6-13(7-9-15)10-16-17(20)19-18(22)23-16/h2-10H,11H2,1H3,(H,19,20,22)/b16-10-.